The molecule has 1 saturated heterocycles. The minimum atomic E-state index is -0.165. The number of amides is 1. The first kappa shape index (κ1) is 15.4. The summed E-state index contributed by atoms with van der Waals surface area (Å²) < 4.78 is 15.1. The molecule has 2 fully saturated rings. The number of nitrogens with zero attached hydrogens (tertiary/aromatic N) is 3. The lowest BCUT2D eigenvalue weighted by Gasteiger charge is -2.20. The molecule has 1 aliphatic heterocycles. The zero-order chi connectivity index (χ0) is 16.7. The molecule has 0 radical (unpaired) electrons. The molecule has 1 aliphatic carbocycles. The van der Waals surface area contributed by atoms with Gasteiger partial charge in [0.2, 0.25) is 0 Å². The zero-order valence-electron chi connectivity index (χ0n) is 13.9. The molecule has 2 aromatic rings. The Bertz CT molecular complexity index is 757. The van der Waals surface area contributed by atoms with Gasteiger partial charge in [-0.3, -0.25) is 9.48 Å². The van der Waals surface area contributed by atoms with Crippen molar-refractivity contribution in [3.05, 3.63) is 53.6 Å². The molecule has 3 atom stereocenters. The third-order valence-electron chi connectivity index (χ3n) is 5.63. The first-order valence-electron chi connectivity index (χ1n) is 8.62. The fraction of sp³-hybridized carbons (Fsp3) is 0.474. The Labute approximate surface area is 141 Å². The number of aryl methyl sites for hydroxylation is 1. The molecule has 4 rings (SSSR count). The number of rotatable bonds is 3. The van der Waals surface area contributed by atoms with Crippen LogP contribution in [0.2, 0.25) is 0 Å². The van der Waals surface area contributed by atoms with Crippen molar-refractivity contribution in [1.82, 2.24) is 14.7 Å². The van der Waals surface area contributed by atoms with Crippen LogP contribution in [0.1, 0.15) is 28.8 Å². The lowest BCUT2D eigenvalue weighted by Crippen LogP contribution is -2.30. The maximum Gasteiger partial charge on any atom is 0.257 e. The summed E-state index contributed by atoms with van der Waals surface area (Å²) in [6.45, 7) is 1.66. The van der Waals surface area contributed by atoms with Crippen molar-refractivity contribution >= 4 is 5.91 Å². The Morgan fingerprint density at radius 1 is 1.33 bits per heavy atom. The Morgan fingerprint density at radius 2 is 2.21 bits per heavy atom. The van der Waals surface area contributed by atoms with E-state index in [0.717, 1.165) is 25.1 Å². The minimum absolute atomic E-state index is 0.0852. The van der Waals surface area contributed by atoms with Crippen molar-refractivity contribution in [3.8, 4) is 0 Å². The largest absolute Gasteiger partial charge is 0.338 e. The zero-order valence-corrected chi connectivity index (χ0v) is 13.9. The van der Waals surface area contributed by atoms with Crippen LogP contribution in [0, 0.1) is 23.6 Å². The molecule has 1 aromatic heterocycles. The maximum absolute atomic E-state index is 13.4. The van der Waals surface area contributed by atoms with E-state index in [4.69, 9.17) is 0 Å². The molecule has 1 saturated carbocycles. The molecule has 0 spiro atoms. The molecule has 2 heterocycles. The van der Waals surface area contributed by atoms with Crippen LogP contribution in [0.25, 0.3) is 0 Å². The van der Waals surface area contributed by atoms with Crippen molar-refractivity contribution in [3.63, 3.8) is 0 Å². The normalized spacial score (nSPS) is 25.9. The van der Waals surface area contributed by atoms with Crippen molar-refractivity contribution in [2.75, 3.05) is 13.1 Å². The van der Waals surface area contributed by atoms with Gasteiger partial charge in [-0.1, -0.05) is 12.1 Å². The second kappa shape index (κ2) is 6.04. The summed E-state index contributed by atoms with van der Waals surface area (Å²) in [7, 11) is 1.82. The average Bonchev–Trinajstić information content (AvgIpc) is 3.24. The number of hydrogen-bond acceptors (Lipinski definition) is 2. The number of halogens is 1. The molecule has 0 bridgehead atoms. The summed E-state index contributed by atoms with van der Waals surface area (Å²) in [6, 6.07) is 6.92. The predicted molar refractivity (Wildman–Crippen MR) is 88.9 cm³/mol. The number of carbonyl (C=O) groups excluding carboxylic acids is 1. The fourth-order valence-electron chi connectivity index (χ4n) is 4.48. The van der Waals surface area contributed by atoms with Gasteiger partial charge < -0.3 is 4.90 Å². The average molecular weight is 327 g/mol. The highest BCUT2D eigenvalue weighted by atomic mass is 19.1. The minimum Gasteiger partial charge on any atom is -0.338 e. The Hall–Kier alpha value is -2.17. The smallest absolute Gasteiger partial charge is 0.257 e. The van der Waals surface area contributed by atoms with Crippen molar-refractivity contribution < 1.29 is 9.18 Å². The van der Waals surface area contributed by atoms with Crippen molar-refractivity contribution in [1.29, 1.82) is 0 Å². The highest BCUT2D eigenvalue weighted by molar-refractivity contribution is 5.93. The van der Waals surface area contributed by atoms with E-state index in [2.05, 4.69) is 5.10 Å². The topological polar surface area (TPSA) is 38.1 Å². The Balaban J connectivity index is 1.44. The number of hydrogen-bond donors (Lipinski definition) is 0. The lowest BCUT2D eigenvalue weighted by molar-refractivity contribution is 0.0776. The van der Waals surface area contributed by atoms with E-state index in [1.165, 1.54) is 18.9 Å². The molecule has 126 valence electrons. The molecular weight excluding hydrogens is 305 g/mol. The first-order valence-corrected chi connectivity index (χ1v) is 8.62. The molecule has 2 aliphatic rings. The predicted octanol–water partition coefficient (Wildman–Crippen LogP) is 2.90. The summed E-state index contributed by atoms with van der Waals surface area (Å²) in [6.07, 6.45) is 6.68. The number of fused-ring (bicyclic) bond motifs is 1. The van der Waals surface area contributed by atoms with Crippen LogP contribution in [0.4, 0.5) is 4.39 Å². The highest BCUT2D eigenvalue weighted by Gasteiger charge is 2.43. The van der Waals surface area contributed by atoms with Gasteiger partial charge in [0, 0.05) is 26.3 Å². The van der Waals surface area contributed by atoms with Gasteiger partial charge in [-0.2, -0.15) is 5.10 Å². The maximum atomic E-state index is 13.4. The number of aromatic nitrogens is 2. The molecule has 4 nitrogen and oxygen atoms in total. The molecule has 1 aromatic carbocycles. The van der Waals surface area contributed by atoms with Crippen LogP contribution in [0.3, 0.4) is 0 Å². The fourth-order valence-corrected chi connectivity index (χ4v) is 4.48. The van der Waals surface area contributed by atoms with Crippen LogP contribution >= 0.6 is 0 Å². The van der Waals surface area contributed by atoms with E-state index in [1.807, 2.05) is 18.0 Å². The monoisotopic (exact) mass is 327 g/mol. The summed E-state index contributed by atoms with van der Waals surface area (Å²) in [5, 5.41) is 4.09. The summed E-state index contributed by atoms with van der Waals surface area (Å²) in [4.78, 5) is 14.6. The quantitative estimate of drug-likeness (QED) is 0.869. The molecule has 24 heavy (non-hydrogen) atoms. The van der Waals surface area contributed by atoms with Crippen LogP contribution in [0.5, 0.6) is 0 Å². The van der Waals surface area contributed by atoms with Gasteiger partial charge in [0.25, 0.3) is 5.91 Å². The third kappa shape index (κ3) is 2.83. The van der Waals surface area contributed by atoms with Gasteiger partial charge in [0.1, 0.15) is 5.82 Å². The number of benzene rings is 1. The van der Waals surface area contributed by atoms with Crippen LogP contribution in [-0.4, -0.2) is 33.7 Å². The van der Waals surface area contributed by atoms with Gasteiger partial charge in [0.15, 0.2) is 0 Å². The van der Waals surface area contributed by atoms with Gasteiger partial charge >= 0.3 is 0 Å². The van der Waals surface area contributed by atoms with E-state index in [0.29, 0.717) is 23.3 Å². The second-order valence-electron chi connectivity index (χ2n) is 7.21. The van der Waals surface area contributed by atoms with Gasteiger partial charge in [-0.25, -0.2) is 4.39 Å². The van der Waals surface area contributed by atoms with Crippen LogP contribution in [0.15, 0.2) is 36.7 Å². The van der Waals surface area contributed by atoms with Gasteiger partial charge in [-0.05, 0) is 54.7 Å². The second-order valence-corrected chi connectivity index (χ2v) is 7.21. The van der Waals surface area contributed by atoms with E-state index in [1.54, 1.807) is 29.2 Å². The molecule has 5 heteroatoms. The first-order chi connectivity index (χ1) is 11.6. The molecule has 0 N–H and O–H groups in total. The van der Waals surface area contributed by atoms with Crippen LogP contribution in [-0.2, 0) is 13.5 Å². The van der Waals surface area contributed by atoms with E-state index in [9.17, 15) is 9.18 Å². The standard InChI is InChI=1S/C19H22FN3O/c1-22-10-16(9-21-22)19(24)23-11-15-6-5-14(18(15)12-23)7-13-3-2-4-17(20)8-13/h2-4,8-10,14-15,18H,5-7,11-12H2,1H3/t14-,15-,18-/m1/s1. The summed E-state index contributed by atoms with van der Waals surface area (Å²) in [5.74, 6) is 1.59. The third-order valence-corrected chi connectivity index (χ3v) is 5.63. The number of carbonyl (C=O) groups is 1. The lowest BCUT2D eigenvalue weighted by atomic mass is 9.87. The molecule has 1 amide bonds. The summed E-state index contributed by atoms with van der Waals surface area (Å²) >= 11 is 0. The van der Waals surface area contributed by atoms with Crippen molar-refractivity contribution in [2.24, 2.45) is 24.8 Å². The van der Waals surface area contributed by atoms with E-state index < -0.39 is 0 Å². The van der Waals surface area contributed by atoms with E-state index >= 15 is 0 Å². The number of likely N-dealkylation sites (tertiary alicyclic amines) is 1. The van der Waals surface area contributed by atoms with Gasteiger partial charge in [-0.15, -0.1) is 0 Å². The molecular formula is C19H22FN3O. The molecule has 0 unspecified atom stereocenters. The van der Waals surface area contributed by atoms with E-state index in [-0.39, 0.29) is 11.7 Å². The Kier molecular flexibility index (Phi) is 3.87. The van der Waals surface area contributed by atoms with Crippen molar-refractivity contribution in [2.45, 2.75) is 19.3 Å². The highest BCUT2D eigenvalue weighted by Crippen LogP contribution is 2.44. The SMILES string of the molecule is Cn1cc(C(=O)N2C[C@H]3CC[C@H](Cc4cccc(F)c4)[C@H]3C2)cn1. The Morgan fingerprint density at radius 3 is 2.96 bits per heavy atom. The van der Waals surface area contributed by atoms with Gasteiger partial charge in [0.05, 0.1) is 11.8 Å². The van der Waals surface area contributed by atoms with Crippen LogP contribution < -0.4 is 0 Å². The summed E-state index contributed by atoms with van der Waals surface area (Å²) in [5.41, 5.74) is 1.73.